The summed E-state index contributed by atoms with van der Waals surface area (Å²) in [6, 6.07) is 0. The molecule has 0 rings (SSSR count). The van der Waals surface area contributed by atoms with Crippen LogP contribution in [0.25, 0.3) is 0 Å². The van der Waals surface area contributed by atoms with Crippen molar-refractivity contribution in [2.45, 2.75) is 323 Å². The minimum absolute atomic E-state index is 0.0632. The number of rotatable bonds is 51. The molecule has 0 radical (unpaired) electrons. The molecule has 0 saturated heterocycles. The van der Waals surface area contributed by atoms with Crippen molar-refractivity contribution in [3.8, 4) is 0 Å². The molecule has 0 aliphatic rings. The van der Waals surface area contributed by atoms with Gasteiger partial charge in [0.15, 0.2) is 6.10 Å². The van der Waals surface area contributed by atoms with Crippen molar-refractivity contribution in [3.05, 3.63) is 0 Å². The predicted molar refractivity (Wildman–Crippen MR) is 270 cm³/mol. The normalized spacial score (nSPS) is 12.0. The lowest BCUT2D eigenvalue weighted by atomic mass is 10.0. The number of ether oxygens (including phenoxy) is 3. The van der Waals surface area contributed by atoms with Crippen molar-refractivity contribution in [2.75, 3.05) is 13.2 Å². The smallest absolute Gasteiger partial charge is 0.306 e. The molecule has 0 N–H and O–H groups in total. The van der Waals surface area contributed by atoms with Crippen LogP contribution in [0, 0.1) is 11.8 Å². The Bertz CT molecular complexity index is 962. The summed E-state index contributed by atoms with van der Waals surface area (Å²) in [6.45, 7) is 11.4. The highest BCUT2D eigenvalue weighted by atomic mass is 16.6. The van der Waals surface area contributed by atoms with Gasteiger partial charge in [0.1, 0.15) is 13.2 Å². The minimum atomic E-state index is -0.762. The van der Waals surface area contributed by atoms with Gasteiger partial charge < -0.3 is 14.2 Å². The first-order chi connectivity index (χ1) is 30.7. The molecule has 0 amide bonds. The summed E-state index contributed by atoms with van der Waals surface area (Å²) in [4.78, 5) is 38.1. The van der Waals surface area contributed by atoms with E-state index in [2.05, 4.69) is 34.6 Å². The Kier molecular flexibility index (Phi) is 48.6. The molecule has 0 aliphatic heterocycles. The van der Waals surface area contributed by atoms with Crippen LogP contribution in [0.2, 0.25) is 0 Å². The van der Waals surface area contributed by atoms with Gasteiger partial charge in [-0.15, -0.1) is 0 Å². The molecular formula is C57H110O6. The Morgan fingerprint density at radius 2 is 0.524 bits per heavy atom. The zero-order chi connectivity index (χ0) is 46.1. The molecule has 0 heterocycles. The van der Waals surface area contributed by atoms with E-state index in [9.17, 15) is 14.4 Å². The topological polar surface area (TPSA) is 78.9 Å². The summed E-state index contributed by atoms with van der Waals surface area (Å²) in [6.07, 6.45) is 52.4. The number of esters is 3. The van der Waals surface area contributed by atoms with Gasteiger partial charge in [-0.05, 0) is 31.1 Å². The lowest BCUT2D eigenvalue weighted by Gasteiger charge is -2.18. The van der Waals surface area contributed by atoms with Gasteiger partial charge in [0.2, 0.25) is 0 Å². The monoisotopic (exact) mass is 891 g/mol. The molecule has 1 atom stereocenters. The highest BCUT2D eigenvalue weighted by Gasteiger charge is 2.19. The molecule has 0 fully saturated rings. The molecule has 0 spiro atoms. The van der Waals surface area contributed by atoms with Crippen LogP contribution in [0.1, 0.15) is 317 Å². The third-order valence-electron chi connectivity index (χ3n) is 13.0. The molecule has 0 aliphatic carbocycles. The first kappa shape index (κ1) is 61.4. The average Bonchev–Trinajstić information content (AvgIpc) is 3.25. The third-order valence-corrected chi connectivity index (χ3v) is 13.0. The molecule has 0 aromatic heterocycles. The van der Waals surface area contributed by atoms with Gasteiger partial charge in [-0.3, -0.25) is 14.4 Å². The minimum Gasteiger partial charge on any atom is -0.462 e. The molecule has 0 aromatic rings. The van der Waals surface area contributed by atoms with Crippen molar-refractivity contribution in [1.82, 2.24) is 0 Å². The zero-order valence-corrected chi connectivity index (χ0v) is 43.2. The summed E-state index contributed by atoms with van der Waals surface area (Å²) < 4.78 is 16.9. The molecule has 374 valence electrons. The zero-order valence-electron chi connectivity index (χ0n) is 43.2. The van der Waals surface area contributed by atoms with E-state index in [-0.39, 0.29) is 31.1 Å². The second kappa shape index (κ2) is 49.8. The maximum absolute atomic E-state index is 12.8. The maximum Gasteiger partial charge on any atom is 0.306 e. The van der Waals surface area contributed by atoms with Gasteiger partial charge >= 0.3 is 17.9 Å². The number of carbonyl (C=O) groups excluding carboxylic acids is 3. The number of carbonyl (C=O) groups is 3. The molecule has 0 unspecified atom stereocenters. The highest BCUT2D eigenvalue weighted by molar-refractivity contribution is 5.71. The van der Waals surface area contributed by atoms with Crippen LogP contribution >= 0.6 is 0 Å². The van der Waals surface area contributed by atoms with E-state index in [1.807, 2.05) is 0 Å². The van der Waals surface area contributed by atoms with Crippen molar-refractivity contribution in [2.24, 2.45) is 11.8 Å². The van der Waals surface area contributed by atoms with E-state index >= 15 is 0 Å². The van der Waals surface area contributed by atoms with Gasteiger partial charge in [-0.2, -0.15) is 0 Å². The Hall–Kier alpha value is -1.59. The Morgan fingerprint density at radius 3 is 0.778 bits per heavy atom. The molecule has 0 aromatic carbocycles. The van der Waals surface area contributed by atoms with Crippen LogP contribution in [0.15, 0.2) is 0 Å². The van der Waals surface area contributed by atoms with Crippen LogP contribution in [0.5, 0.6) is 0 Å². The fraction of sp³-hybridized carbons (Fsp3) is 0.947. The quantitative estimate of drug-likeness (QED) is 0.0344. The summed E-state index contributed by atoms with van der Waals surface area (Å²) in [5.41, 5.74) is 0. The van der Waals surface area contributed by atoms with E-state index in [0.717, 1.165) is 69.6 Å². The van der Waals surface area contributed by atoms with E-state index in [1.165, 1.54) is 205 Å². The maximum atomic E-state index is 12.8. The van der Waals surface area contributed by atoms with Crippen LogP contribution in [-0.4, -0.2) is 37.2 Å². The van der Waals surface area contributed by atoms with Crippen molar-refractivity contribution in [3.63, 3.8) is 0 Å². The van der Waals surface area contributed by atoms with E-state index < -0.39 is 6.10 Å². The lowest BCUT2D eigenvalue weighted by molar-refractivity contribution is -0.167. The van der Waals surface area contributed by atoms with Crippen LogP contribution in [0.3, 0.4) is 0 Å². The average molecular weight is 892 g/mol. The van der Waals surface area contributed by atoms with Gasteiger partial charge in [0, 0.05) is 19.3 Å². The van der Waals surface area contributed by atoms with Crippen LogP contribution in [0.4, 0.5) is 0 Å². The van der Waals surface area contributed by atoms with Gasteiger partial charge in [-0.25, -0.2) is 0 Å². The number of unbranched alkanes of at least 4 members (excludes halogenated alkanes) is 36. The Morgan fingerprint density at radius 1 is 0.302 bits per heavy atom. The lowest BCUT2D eigenvalue weighted by Crippen LogP contribution is -2.30. The molecule has 0 saturated carbocycles. The van der Waals surface area contributed by atoms with Gasteiger partial charge in [0.05, 0.1) is 0 Å². The Labute approximate surface area is 393 Å². The standard InChI is InChI=1S/C57H110O6/c1-6-7-8-9-10-11-12-13-14-15-19-22-27-32-37-42-47-55(58)61-50-54(63-57(60)49-44-39-34-29-24-26-31-36-41-46-53(4)5)51-62-56(59)48-43-38-33-28-23-20-17-16-18-21-25-30-35-40-45-52(2)3/h52-54H,6-51H2,1-5H3/t54-/m0/s1. The fourth-order valence-corrected chi connectivity index (χ4v) is 8.70. The highest BCUT2D eigenvalue weighted by Crippen LogP contribution is 2.18. The summed E-state index contributed by atoms with van der Waals surface area (Å²) >= 11 is 0. The number of hydrogen-bond acceptors (Lipinski definition) is 6. The van der Waals surface area contributed by atoms with Crippen LogP contribution < -0.4 is 0 Å². The second-order valence-electron chi connectivity index (χ2n) is 20.5. The van der Waals surface area contributed by atoms with Crippen LogP contribution in [-0.2, 0) is 28.6 Å². The third kappa shape index (κ3) is 51.3. The summed E-state index contributed by atoms with van der Waals surface area (Å²) in [5.74, 6) is 0.808. The van der Waals surface area contributed by atoms with Crippen molar-refractivity contribution in [1.29, 1.82) is 0 Å². The Balaban J connectivity index is 4.27. The number of hydrogen-bond donors (Lipinski definition) is 0. The largest absolute Gasteiger partial charge is 0.462 e. The van der Waals surface area contributed by atoms with Crippen molar-refractivity contribution >= 4 is 17.9 Å². The molecule has 0 bridgehead atoms. The first-order valence-corrected chi connectivity index (χ1v) is 28.2. The predicted octanol–water partition coefficient (Wildman–Crippen LogP) is 18.5. The molecular weight excluding hydrogens is 781 g/mol. The SMILES string of the molecule is CCCCCCCCCCCCCCCCCCC(=O)OC[C@@H](COC(=O)CCCCCCCCCCCCCCCCC(C)C)OC(=O)CCCCCCCCCCCC(C)C. The summed E-state index contributed by atoms with van der Waals surface area (Å²) in [5, 5.41) is 0. The second-order valence-corrected chi connectivity index (χ2v) is 20.5. The molecule has 6 nitrogen and oxygen atoms in total. The van der Waals surface area contributed by atoms with E-state index in [1.54, 1.807) is 0 Å². The van der Waals surface area contributed by atoms with Crippen molar-refractivity contribution < 1.29 is 28.6 Å². The molecule has 63 heavy (non-hydrogen) atoms. The summed E-state index contributed by atoms with van der Waals surface area (Å²) in [7, 11) is 0. The van der Waals surface area contributed by atoms with Gasteiger partial charge in [0.25, 0.3) is 0 Å². The van der Waals surface area contributed by atoms with E-state index in [0.29, 0.717) is 19.3 Å². The van der Waals surface area contributed by atoms with E-state index in [4.69, 9.17) is 14.2 Å². The van der Waals surface area contributed by atoms with Gasteiger partial charge in [-0.1, -0.05) is 279 Å². The fourth-order valence-electron chi connectivity index (χ4n) is 8.70. The molecule has 6 heteroatoms. The first-order valence-electron chi connectivity index (χ1n) is 28.2.